The maximum Gasteiger partial charge on any atom is 0.129 e. The molecule has 0 spiro atoms. The Bertz CT molecular complexity index is 216. The zero-order valence-electron chi connectivity index (χ0n) is 16.5. The van der Waals surface area contributed by atoms with Crippen molar-refractivity contribution >= 4 is 17.9 Å². The molecule has 0 radical (unpaired) electrons. The number of aldehydes is 1. The van der Waals surface area contributed by atoms with E-state index in [2.05, 4.69) is 32.9 Å². The van der Waals surface area contributed by atoms with Gasteiger partial charge in [-0.1, -0.05) is 56.6 Å². The number of hydrogen-bond donors (Lipinski definition) is 0. The van der Waals surface area contributed by atoms with Gasteiger partial charge in [0.15, 0.2) is 0 Å². The third kappa shape index (κ3) is 438. The summed E-state index contributed by atoms with van der Waals surface area (Å²) in [5, 5.41) is 0. The van der Waals surface area contributed by atoms with Crippen LogP contribution < -0.4 is 0 Å². The summed E-state index contributed by atoms with van der Waals surface area (Å²) in [4.78, 5) is 29.3. The van der Waals surface area contributed by atoms with Gasteiger partial charge in [-0.3, -0.25) is 0 Å². The van der Waals surface area contributed by atoms with Gasteiger partial charge in [-0.15, -0.1) is 32.9 Å². The molecule has 0 saturated carbocycles. The lowest BCUT2D eigenvalue weighted by Crippen LogP contribution is -1.84. The Morgan fingerprint density at radius 3 is 0.889 bits per heavy atom. The van der Waals surface area contributed by atoms with E-state index in [0.717, 1.165) is 32.0 Å². The van der Waals surface area contributed by atoms with E-state index in [1.54, 1.807) is 19.9 Å². The highest BCUT2D eigenvalue weighted by molar-refractivity contribution is 5.75. The highest BCUT2D eigenvalue weighted by Crippen LogP contribution is 1.84. The average Bonchev–Trinajstić information content (AvgIpc) is 2.52. The molecule has 0 aromatic carbocycles. The van der Waals surface area contributed by atoms with Crippen molar-refractivity contribution in [2.24, 2.45) is 0 Å². The Labute approximate surface area is 175 Å². The first-order valence-corrected chi connectivity index (χ1v) is 7.87. The van der Waals surface area contributed by atoms with Crippen molar-refractivity contribution in [1.29, 1.82) is 0 Å². The van der Waals surface area contributed by atoms with Gasteiger partial charge in [-0.2, -0.15) is 0 Å². The Hall–Kier alpha value is -1.77. The first-order chi connectivity index (χ1) is 10.9. The van der Waals surface area contributed by atoms with E-state index in [1.165, 1.54) is 0 Å². The summed E-state index contributed by atoms with van der Waals surface area (Å²) in [7, 11) is 0. The van der Waals surface area contributed by atoms with Gasteiger partial charge >= 0.3 is 0 Å². The van der Waals surface area contributed by atoms with Crippen molar-refractivity contribution in [3.8, 4) is 0 Å². The molecule has 0 rings (SSSR count). The fourth-order valence-electron chi connectivity index (χ4n) is 0.704. The van der Waals surface area contributed by atoms with E-state index < -0.39 is 0 Å². The molecule has 0 aliphatic heterocycles. The van der Waals surface area contributed by atoms with Gasteiger partial charge in [-0.05, 0) is 33.6 Å². The number of Topliss-reactive ketones (excluding diaryl/α,β-unsaturated/α-hetero) is 2. The molecule has 0 aromatic heterocycles. The van der Waals surface area contributed by atoms with Crippen LogP contribution in [0.3, 0.4) is 0 Å². The van der Waals surface area contributed by atoms with Gasteiger partial charge < -0.3 is 14.4 Å². The summed E-state index contributed by atoms with van der Waals surface area (Å²) < 4.78 is 0. The van der Waals surface area contributed by atoms with Gasteiger partial charge in [-0.25, -0.2) is 0 Å². The molecule has 0 N–H and O–H groups in total. The number of rotatable bonds is 5. The van der Waals surface area contributed by atoms with E-state index >= 15 is 0 Å². The highest BCUT2D eigenvalue weighted by Gasteiger charge is 1.84. The van der Waals surface area contributed by atoms with Crippen molar-refractivity contribution in [1.82, 2.24) is 0 Å². The van der Waals surface area contributed by atoms with Crippen LogP contribution in [0.5, 0.6) is 0 Å². The maximum atomic E-state index is 10.0. The van der Waals surface area contributed by atoms with Gasteiger partial charge in [0.2, 0.25) is 0 Å². The topological polar surface area (TPSA) is 51.2 Å². The van der Waals surface area contributed by atoms with E-state index in [9.17, 15) is 14.4 Å². The zero-order valence-corrected chi connectivity index (χ0v) is 16.5. The molecule has 0 fully saturated rings. The number of hydrogen-bond acceptors (Lipinski definition) is 3. The van der Waals surface area contributed by atoms with Crippen LogP contribution in [-0.4, -0.2) is 17.9 Å². The normalized spacial score (nSPS) is 5.41. The molecular weight excluding hydrogens is 336 g/mol. The van der Waals surface area contributed by atoms with E-state index in [1.807, 2.05) is 27.7 Å². The van der Waals surface area contributed by atoms with Gasteiger partial charge in [0.25, 0.3) is 0 Å². The largest absolute Gasteiger partial charge is 0.303 e. The predicted molar refractivity (Wildman–Crippen MR) is 133 cm³/mol. The number of carbonyl (C=O) groups is 3. The number of allylic oxidation sites excluding steroid dienone is 1. The van der Waals surface area contributed by atoms with Crippen LogP contribution >= 0.6 is 0 Å². The summed E-state index contributed by atoms with van der Waals surface area (Å²) in [5.41, 5.74) is 0. The molecular formula is C24H56O3. The van der Waals surface area contributed by atoms with Crippen molar-refractivity contribution in [2.45, 2.75) is 103 Å². The molecule has 0 aromatic rings. The highest BCUT2D eigenvalue weighted by atomic mass is 16.1. The molecule has 0 amide bonds. The first kappa shape index (κ1) is 63.9. The van der Waals surface area contributed by atoms with E-state index in [4.69, 9.17) is 0 Å². The number of carbonyl (C=O) groups excluding carboxylic acids is 3. The van der Waals surface area contributed by atoms with Crippen LogP contribution in [0.25, 0.3) is 0 Å². The Morgan fingerprint density at radius 1 is 0.741 bits per heavy atom. The molecule has 170 valence electrons. The Morgan fingerprint density at radius 2 is 0.889 bits per heavy atom. The fourth-order valence-corrected chi connectivity index (χ4v) is 0.704. The zero-order chi connectivity index (χ0) is 20.1. The SMILES string of the molecule is C.C.C.C.C=C.C=C.C=CC.CCC=O.CCCC(C)=O.CCCC(C)=O. The molecule has 0 saturated heterocycles. The molecule has 27 heavy (non-hydrogen) atoms. The van der Waals surface area contributed by atoms with Crippen LogP contribution in [0.2, 0.25) is 0 Å². The lowest BCUT2D eigenvalue weighted by atomic mass is 10.3. The standard InChI is InChI=1S/2C5H10O.C3H6O.C3H6.2C2H4.4CH4/c2*1-3-4-5(2)6;1-2-3-4;1-3-2;2*1-2;;;;/h2*3-4H2,1-2H3;3H,2H2,1H3;3H,1H2,2H3;2*1-2H2;4*1H4. The molecule has 0 bridgehead atoms. The lowest BCUT2D eigenvalue weighted by molar-refractivity contribution is -0.117. The Kier molecular flexibility index (Phi) is 245. The quantitative estimate of drug-likeness (QED) is 0.347. The van der Waals surface area contributed by atoms with Crippen LogP contribution in [0, 0.1) is 0 Å². The molecule has 0 atom stereocenters. The fraction of sp³-hybridized carbons (Fsp3) is 0.625. The monoisotopic (exact) mass is 392 g/mol. The first-order valence-electron chi connectivity index (χ1n) is 7.87. The minimum atomic E-state index is 0. The van der Waals surface area contributed by atoms with Crippen molar-refractivity contribution in [3.63, 3.8) is 0 Å². The minimum Gasteiger partial charge on any atom is -0.303 e. The van der Waals surface area contributed by atoms with Crippen LogP contribution in [-0.2, 0) is 14.4 Å². The van der Waals surface area contributed by atoms with Crippen LogP contribution in [0.15, 0.2) is 39.0 Å². The van der Waals surface area contributed by atoms with Crippen LogP contribution in [0.4, 0.5) is 0 Å². The van der Waals surface area contributed by atoms with Crippen LogP contribution in [0.1, 0.15) is 103 Å². The third-order valence-corrected chi connectivity index (χ3v) is 1.37. The summed E-state index contributed by atoms with van der Waals surface area (Å²) in [6.45, 7) is 26.3. The minimum absolute atomic E-state index is 0. The molecule has 0 aliphatic rings. The molecule has 0 heterocycles. The predicted octanol–water partition coefficient (Wildman–Crippen LogP) is 8.69. The molecule has 3 nitrogen and oxygen atoms in total. The lowest BCUT2D eigenvalue weighted by Gasteiger charge is -1.80. The average molecular weight is 393 g/mol. The number of ketones is 2. The summed E-state index contributed by atoms with van der Waals surface area (Å²) >= 11 is 0. The molecule has 3 heteroatoms. The molecule has 0 unspecified atom stereocenters. The van der Waals surface area contributed by atoms with E-state index in [0.29, 0.717) is 6.42 Å². The van der Waals surface area contributed by atoms with Crippen molar-refractivity contribution < 1.29 is 14.4 Å². The van der Waals surface area contributed by atoms with Gasteiger partial charge in [0.05, 0.1) is 0 Å². The second-order valence-corrected chi connectivity index (χ2v) is 3.89. The smallest absolute Gasteiger partial charge is 0.129 e. The summed E-state index contributed by atoms with van der Waals surface area (Å²) in [5.74, 6) is 0.579. The summed E-state index contributed by atoms with van der Waals surface area (Å²) in [6, 6.07) is 0. The van der Waals surface area contributed by atoms with Crippen molar-refractivity contribution in [3.05, 3.63) is 39.0 Å². The second kappa shape index (κ2) is 104. The van der Waals surface area contributed by atoms with E-state index in [-0.39, 0.29) is 41.3 Å². The summed E-state index contributed by atoms with van der Waals surface area (Å²) in [6.07, 6.45) is 6.70. The van der Waals surface area contributed by atoms with Gasteiger partial charge in [0, 0.05) is 19.3 Å². The second-order valence-electron chi connectivity index (χ2n) is 3.89. The maximum absolute atomic E-state index is 10.0. The molecule has 0 aliphatic carbocycles. The van der Waals surface area contributed by atoms with Crippen molar-refractivity contribution in [2.75, 3.05) is 0 Å². The van der Waals surface area contributed by atoms with Gasteiger partial charge in [0.1, 0.15) is 17.9 Å². The third-order valence-electron chi connectivity index (χ3n) is 1.37. The Balaban J connectivity index is -0.0000000164.